The molecule has 1 aromatic heterocycles. The van der Waals surface area contributed by atoms with Crippen LogP contribution in [-0.4, -0.2) is 48.0 Å². The summed E-state index contributed by atoms with van der Waals surface area (Å²) in [6, 6.07) is 0. The van der Waals surface area contributed by atoms with Gasteiger partial charge in [-0.1, -0.05) is 0 Å². The molecule has 2 heterocycles. The fourth-order valence-corrected chi connectivity index (χ4v) is 6.32. The van der Waals surface area contributed by atoms with E-state index in [2.05, 4.69) is 10.1 Å². The minimum absolute atomic E-state index is 0.0624. The molecule has 3 unspecified atom stereocenters. The van der Waals surface area contributed by atoms with Gasteiger partial charge in [-0.3, -0.25) is 4.79 Å². The minimum Gasteiger partial charge on any atom is -0.402 e. The molecule has 2 aliphatic rings. The Morgan fingerprint density at radius 1 is 1.48 bits per heavy atom. The van der Waals surface area contributed by atoms with Crippen molar-refractivity contribution in [1.29, 1.82) is 5.41 Å². The molecule has 0 aromatic carbocycles. The number of nitrogens with one attached hydrogen (secondary N) is 1. The number of rotatable bonds is 5. The van der Waals surface area contributed by atoms with Gasteiger partial charge >= 0.3 is 0 Å². The number of sulfone groups is 1. The van der Waals surface area contributed by atoms with Gasteiger partial charge in [-0.2, -0.15) is 5.10 Å². The molecule has 1 aliphatic heterocycles. The molecular formula is C17H23N5O3S2. The quantitative estimate of drug-likeness (QED) is 0.715. The maximum Gasteiger partial charge on any atom is 0.246 e. The Bertz CT molecular complexity index is 915. The minimum atomic E-state index is -3.50. The molecule has 1 fully saturated rings. The largest absolute Gasteiger partial charge is 0.402 e. The molecule has 146 valence electrons. The normalized spacial score (nSPS) is 26.1. The van der Waals surface area contributed by atoms with E-state index in [1.165, 1.54) is 22.4 Å². The highest BCUT2D eigenvalue weighted by Gasteiger charge is 2.43. The van der Waals surface area contributed by atoms with Crippen LogP contribution in [0, 0.1) is 24.2 Å². The van der Waals surface area contributed by atoms with Crippen molar-refractivity contribution in [2.45, 2.75) is 43.4 Å². The van der Waals surface area contributed by atoms with Gasteiger partial charge in [-0.05, 0) is 39.2 Å². The molecule has 3 rings (SSSR count). The highest BCUT2D eigenvalue weighted by molar-refractivity contribution is 7.92. The molecule has 3 N–H and O–H groups in total. The van der Waals surface area contributed by atoms with E-state index in [0.717, 1.165) is 5.01 Å². The van der Waals surface area contributed by atoms with Crippen LogP contribution in [0.15, 0.2) is 27.3 Å². The average Bonchev–Trinajstić information content (AvgIpc) is 3.03. The van der Waals surface area contributed by atoms with Gasteiger partial charge in [0.2, 0.25) is 5.91 Å². The van der Waals surface area contributed by atoms with E-state index in [1.807, 2.05) is 0 Å². The molecule has 1 aliphatic carbocycles. The number of nitrogens with two attached hydrogens (primary N) is 1. The SMILES string of the molecule is C/C(N)=C/C(=N)CN1N=CC2CC(S(=O)(=O)c3csc(C)n3)CCC2C1=O. The van der Waals surface area contributed by atoms with Crippen molar-refractivity contribution >= 4 is 39.0 Å². The zero-order valence-corrected chi connectivity index (χ0v) is 16.9. The predicted octanol–water partition coefficient (Wildman–Crippen LogP) is 1.72. The van der Waals surface area contributed by atoms with Gasteiger partial charge in [-0.25, -0.2) is 18.4 Å². The second-order valence-corrected chi connectivity index (χ2v) is 10.3. The summed E-state index contributed by atoms with van der Waals surface area (Å²) in [6.45, 7) is 3.52. The molecule has 1 amide bonds. The third kappa shape index (κ3) is 4.11. The smallest absolute Gasteiger partial charge is 0.246 e. The summed E-state index contributed by atoms with van der Waals surface area (Å²) in [5.74, 6) is -0.652. The molecule has 1 aromatic rings. The molecule has 27 heavy (non-hydrogen) atoms. The highest BCUT2D eigenvalue weighted by atomic mass is 32.2. The van der Waals surface area contributed by atoms with Gasteiger partial charge in [0.25, 0.3) is 0 Å². The van der Waals surface area contributed by atoms with Crippen LogP contribution in [0.4, 0.5) is 0 Å². The number of aromatic nitrogens is 1. The van der Waals surface area contributed by atoms with Gasteiger partial charge in [0.15, 0.2) is 14.9 Å². The first-order chi connectivity index (χ1) is 12.7. The number of hydrazone groups is 1. The Hall–Kier alpha value is -2.07. The molecule has 3 atom stereocenters. The van der Waals surface area contributed by atoms with E-state index in [1.54, 1.807) is 25.4 Å². The summed E-state index contributed by atoms with van der Waals surface area (Å²) in [7, 11) is -3.50. The molecular weight excluding hydrogens is 386 g/mol. The summed E-state index contributed by atoms with van der Waals surface area (Å²) in [4.78, 5) is 16.8. The lowest BCUT2D eigenvalue weighted by Gasteiger charge is -2.37. The van der Waals surface area contributed by atoms with Gasteiger partial charge in [0.1, 0.15) is 0 Å². The Morgan fingerprint density at radius 2 is 2.22 bits per heavy atom. The maximum absolute atomic E-state index is 12.8. The van der Waals surface area contributed by atoms with Crippen molar-refractivity contribution in [3.05, 3.63) is 22.2 Å². The number of carbonyl (C=O) groups excluding carboxylic acids is 1. The van der Waals surface area contributed by atoms with Crippen molar-refractivity contribution in [2.24, 2.45) is 22.7 Å². The number of thiazole rings is 1. The second-order valence-electron chi connectivity index (χ2n) is 7.03. The summed E-state index contributed by atoms with van der Waals surface area (Å²) >= 11 is 1.32. The fraction of sp³-hybridized carbons (Fsp3) is 0.529. The average molecular weight is 410 g/mol. The van der Waals surface area contributed by atoms with Gasteiger partial charge in [-0.15, -0.1) is 11.3 Å². The summed E-state index contributed by atoms with van der Waals surface area (Å²) in [5, 5.41) is 15.2. The Balaban J connectivity index is 1.73. The van der Waals surface area contributed by atoms with Crippen LogP contribution in [0.1, 0.15) is 31.2 Å². The van der Waals surface area contributed by atoms with Crippen LogP contribution in [0.2, 0.25) is 0 Å². The van der Waals surface area contributed by atoms with Gasteiger partial charge in [0, 0.05) is 29.1 Å². The monoisotopic (exact) mass is 409 g/mol. The fourth-order valence-electron chi connectivity index (χ4n) is 3.58. The number of hydrogen-bond acceptors (Lipinski definition) is 8. The van der Waals surface area contributed by atoms with E-state index in [-0.39, 0.29) is 35.0 Å². The lowest BCUT2D eigenvalue weighted by atomic mass is 9.78. The van der Waals surface area contributed by atoms with E-state index in [0.29, 0.717) is 25.0 Å². The van der Waals surface area contributed by atoms with Gasteiger partial charge in [0.05, 0.1) is 22.5 Å². The highest BCUT2D eigenvalue weighted by Crippen LogP contribution is 2.37. The van der Waals surface area contributed by atoms with Crippen molar-refractivity contribution in [3.63, 3.8) is 0 Å². The molecule has 8 nitrogen and oxygen atoms in total. The standard InChI is InChI=1S/C17H23N5O3S2/c1-10(18)5-13(19)8-22-17(23)15-4-3-14(6-12(15)7-20-22)27(24,25)16-9-26-11(2)21-16/h5,7,9,12,14-15,19H,3-4,6,8,18H2,1-2H3/b10-5-,19-13?. The van der Waals surface area contributed by atoms with Crippen LogP contribution in [0.3, 0.4) is 0 Å². The lowest BCUT2D eigenvalue weighted by Crippen LogP contribution is -2.47. The predicted molar refractivity (Wildman–Crippen MR) is 105 cm³/mol. The Morgan fingerprint density at radius 3 is 2.85 bits per heavy atom. The van der Waals surface area contributed by atoms with Crippen LogP contribution < -0.4 is 5.73 Å². The van der Waals surface area contributed by atoms with E-state index < -0.39 is 15.1 Å². The third-order valence-corrected chi connectivity index (χ3v) is 7.89. The van der Waals surface area contributed by atoms with Crippen LogP contribution in [0.5, 0.6) is 0 Å². The van der Waals surface area contributed by atoms with Crippen molar-refractivity contribution in [3.8, 4) is 0 Å². The summed E-state index contributed by atoms with van der Waals surface area (Å²) in [5.41, 5.74) is 6.26. The third-order valence-electron chi connectivity index (χ3n) is 4.87. The van der Waals surface area contributed by atoms with E-state index in [4.69, 9.17) is 11.1 Å². The molecule has 10 heteroatoms. The summed E-state index contributed by atoms with van der Waals surface area (Å²) in [6.07, 6.45) is 4.43. The number of carbonyl (C=O) groups is 1. The van der Waals surface area contributed by atoms with Crippen LogP contribution >= 0.6 is 11.3 Å². The zero-order chi connectivity index (χ0) is 19.8. The second kappa shape index (κ2) is 7.51. The first-order valence-electron chi connectivity index (χ1n) is 8.71. The number of fused-ring (bicyclic) bond motifs is 1. The van der Waals surface area contributed by atoms with Crippen LogP contribution in [0.25, 0.3) is 0 Å². The van der Waals surface area contributed by atoms with Crippen molar-refractivity contribution in [2.75, 3.05) is 6.54 Å². The number of amides is 1. The van der Waals surface area contributed by atoms with Gasteiger partial charge < -0.3 is 11.1 Å². The molecule has 0 saturated heterocycles. The first kappa shape index (κ1) is 19.7. The number of aryl methyl sites for hydroxylation is 1. The number of hydrogen-bond donors (Lipinski definition) is 2. The van der Waals surface area contributed by atoms with Crippen LogP contribution in [-0.2, 0) is 14.6 Å². The maximum atomic E-state index is 12.8. The lowest BCUT2D eigenvalue weighted by molar-refractivity contribution is -0.137. The molecule has 0 spiro atoms. The number of nitrogens with zero attached hydrogens (tertiary/aromatic N) is 3. The van der Waals surface area contributed by atoms with Crippen molar-refractivity contribution in [1.82, 2.24) is 9.99 Å². The van der Waals surface area contributed by atoms with E-state index >= 15 is 0 Å². The topological polar surface area (TPSA) is 130 Å². The first-order valence-corrected chi connectivity index (χ1v) is 11.1. The zero-order valence-electron chi connectivity index (χ0n) is 15.3. The Kier molecular flexibility index (Phi) is 5.48. The molecule has 0 bridgehead atoms. The summed E-state index contributed by atoms with van der Waals surface area (Å²) < 4.78 is 25.7. The molecule has 0 radical (unpaired) electrons. The Labute approximate surface area is 162 Å². The molecule has 1 saturated carbocycles. The van der Waals surface area contributed by atoms with E-state index in [9.17, 15) is 13.2 Å². The number of allylic oxidation sites excluding steroid dienone is 1. The van der Waals surface area contributed by atoms with Crippen molar-refractivity contribution < 1.29 is 13.2 Å².